The van der Waals surface area contributed by atoms with E-state index in [0.29, 0.717) is 21.8 Å². The van der Waals surface area contributed by atoms with Gasteiger partial charge in [0.2, 0.25) is 12.3 Å². The number of hydrogen-bond acceptors (Lipinski definition) is 4. The molecule has 0 aliphatic carbocycles. The smallest absolute Gasteiger partial charge is 0.247 e. The molecule has 66 valence electrons. The maximum absolute atomic E-state index is 5.68. The number of pyridine rings is 1. The summed E-state index contributed by atoms with van der Waals surface area (Å²) >= 11 is 11.4. The summed E-state index contributed by atoms with van der Waals surface area (Å²) < 4.78 is 4.96. The molecule has 0 unspecified atom stereocenters. The van der Waals surface area contributed by atoms with Crippen molar-refractivity contribution in [1.82, 2.24) is 15.2 Å². The maximum atomic E-state index is 5.68. The van der Waals surface area contributed by atoms with Gasteiger partial charge in [-0.2, -0.15) is 0 Å². The Morgan fingerprint density at radius 1 is 1.15 bits per heavy atom. The van der Waals surface area contributed by atoms with Gasteiger partial charge in [-0.05, 0) is 12.1 Å². The van der Waals surface area contributed by atoms with Crippen LogP contribution in [0, 0.1) is 0 Å². The van der Waals surface area contributed by atoms with Gasteiger partial charge < -0.3 is 4.42 Å². The van der Waals surface area contributed by atoms with E-state index < -0.39 is 0 Å². The fourth-order valence-electron chi connectivity index (χ4n) is 0.887. The van der Waals surface area contributed by atoms with Gasteiger partial charge in [-0.1, -0.05) is 23.2 Å². The van der Waals surface area contributed by atoms with Gasteiger partial charge in [0.1, 0.15) is 10.3 Å². The standard InChI is InChI=1S/C7H3Cl2N3O/c8-5-1-4(2-6(9)11-5)7-12-10-3-13-7/h1-3H. The first kappa shape index (κ1) is 8.47. The molecule has 0 atom stereocenters. The Morgan fingerprint density at radius 3 is 2.38 bits per heavy atom. The van der Waals surface area contributed by atoms with E-state index in [4.69, 9.17) is 27.6 Å². The van der Waals surface area contributed by atoms with Crippen LogP contribution in [0.4, 0.5) is 0 Å². The predicted octanol–water partition coefficient (Wildman–Crippen LogP) is 2.44. The third-order valence-corrected chi connectivity index (χ3v) is 1.76. The third-order valence-electron chi connectivity index (χ3n) is 1.37. The van der Waals surface area contributed by atoms with Gasteiger partial charge in [-0.3, -0.25) is 0 Å². The number of nitrogens with zero attached hydrogens (tertiary/aromatic N) is 3. The molecule has 2 aromatic heterocycles. The largest absolute Gasteiger partial charge is 0.423 e. The Balaban J connectivity index is 2.53. The van der Waals surface area contributed by atoms with Crippen molar-refractivity contribution < 1.29 is 4.42 Å². The highest BCUT2D eigenvalue weighted by atomic mass is 35.5. The topological polar surface area (TPSA) is 51.8 Å². The maximum Gasteiger partial charge on any atom is 0.247 e. The van der Waals surface area contributed by atoms with E-state index in [0.717, 1.165) is 0 Å². The lowest BCUT2D eigenvalue weighted by Gasteiger charge is -1.95. The van der Waals surface area contributed by atoms with Crippen molar-refractivity contribution in [2.75, 3.05) is 0 Å². The molecule has 4 nitrogen and oxygen atoms in total. The highest BCUT2D eigenvalue weighted by Gasteiger charge is 2.06. The van der Waals surface area contributed by atoms with Crippen molar-refractivity contribution in [3.8, 4) is 11.5 Å². The number of aromatic nitrogens is 3. The van der Waals surface area contributed by atoms with Crippen LogP contribution in [0.5, 0.6) is 0 Å². The third kappa shape index (κ3) is 1.79. The molecule has 0 amide bonds. The van der Waals surface area contributed by atoms with Crippen LogP contribution >= 0.6 is 23.2 Å². The van der Waals surface area contributed by atoms with Crippen molar-refractivity contribution in [2.24, 2.45) is 0 Å². The first-order valence-corrected chi connectivity index (χ1v) is 4.11. The lowest BCUT2D eigenvalue weighted by atomic mass is 10.3. The second-order valence-electron chi connectivity index (χ2n) is 2.25. The molecule has 0 N–H and O–H groups in total. The van der Waals surface area contributed by atoms with Gasteiger partial charge in [0, 0.05) is 5.56 Å². The highest BCUT2D eigenvalue weighted by molar-refractivity contribution is 6.32. The van der Waals surface area contributed by atoms with Crippen LogP contribution in [0.2, 0.25) is 10.3 Å². The predicted molar refractivity (Wildman–Crippen MR) is 47.5 cm³/mol. The molecule has 0 aliphatic heterocycles. The molecule has 6 heteroatoms. The van der Waals surface area contributed by atoms with Crippen molar-refractivity contribution in [2.45, 2.75) is 0 Å². The zero-order valence-electron chi connectivity index (χ0n) is 6.24. The minimum absolute atomic E-state index is 0.292. The average molecular weight is 216 g/mol. The van der Waals surface area contributed by atoms with Crippen LogP contribution in [-0.4, -0.2) is 15.2 Å². The fourth-order valence-corrected chi connectivity index (χ4v) is 1.35. The molecule has 0 aromatic carbocycles. The SMILES string of the molecule is Clc1cc(-c2nnco2)cc(Cl)n1. The summed E-state index contributed by atoms with van der Waals surface area (Å²) in [5, 5.41) is 7.83. The zero-order chi connectivity index (χ0) is 9.26. The van der Waals surface area contributed by atoms with Gasteiger partial charge in [0.25, 0.3) is 0 Å². The number of halogens is 2. The first-order valence-electron chi connectivity index (χ1n) is 3.35. The van der Waals surface area contributed by atoms with Crippen LogP contribution < -0.4 is 0 Å². The molecule has 0 aliphatic rings. The lowest BCUT2D eigenvalue weighted by molar-refractivity contribution is 0.568. The Morgan fingerprint density at radius 2 is 1.85 bits per heavy atom. The monoisotopic (exact) mass is 215 g/mol. The van der Waals surface area contributed by atoms with Crippen molar-refractivity contribution >= 4 is 23.2 Å². The van der Waals surface area contributed by atoms with E-state index in [-0.39, 0.29) is 0 Å². The normalized spacial score (nSPS) is 10.3. The van der Waals surface area contributed by atoms with Gasteiger partial charge in [-0.25, -0.2) is 4.98 Å². The quantitative estimate of drug-likeness (QED) is 0.687. The van der Waals surface area contributed by atoms with Crippen LogP contribution in [0.3, 0.4) is 0 Å². The molecule has 0 bridgehead atoms. The van der Waals surface area contributed by atoms with Gasteiger partial charge in [0.15, 0.2) is 0 Å². The highest BCUT2D eigenvalue weighted by Crippen LogP contribution is 2.22. The fraction of sp³-hybridized carbons (Fsp3) is 0. The van der Waals surface area contributed by atoms with Crippen molar-refractivity contribution in [3.05, 3.63) is 28.8 Å². The van der Waals surface area contributed by atoms with Crippen molar-refractivity contribution in [3.63, 3.8) is 0 Å². The number of hydrogen-bond donors (Lipinski definition) is 0. The van der Waals surface area contributed by atoms with Crippen LogP contribution in [-0.2, 0) is 0 Å². The summed E-state index contributed by atoms with van der Waals surface area (Å²) in [6, 6.07) is 3.20. The minimum Gasteiger partial charge on any atom is -0.423 e. The second kappa shape index (κ2) is 3.32. The Labute approximate surface area is 83.5 Å². The summed E-state index contributed by atoms with van der Waals surface area (Å²) in [4.78, 5) is 3.79. The average Bonchev–Trinajstić information content (AvgIpc) is 2.53. The van der Waals surface area contributed by atoms with Crippen molar-refractivity contribution in [1.29, 1.82) is 0 Å². The summed E-state index contributed by atoms with van der Waals surface area (Å²) in [6.45, 7) is 0. The molecular formula is C7H3Cl2N3O. The molecule has 13 heavy (non-hydrogen) atoms. The minimum atomic E-state index is 0.292. The molecule has 0 spiro atoms. The molecule has 2 rings (SSSR count). The first-order chi connectivity index (χ1) is 6.25. The van der Waals surface area contributed by atoms with Crippen LogP contribution in [0.15, 0.2) is 22.9 Å². The summed E-state index contributed by atoms with van der Waals surface area (Å²) in [5.41, 5.74) is 0.655. The zero-order valence-corrected chi connectivity index (χ0v) is 7.75. The molecule has 0 radical (unpaired) electrons. The molecular weight excluding hydrogens is 213 g/mol. The molecule has 0 saturated heterocycles. The second-order valence-corrected chi connectivity index (χ2v) is 3.02. The van der Waals surface area contributed by atoms with E-state index in [2.05, 4.69) is 15.2 Å². The van der Waals surface area contributed by atoms with E-state index in [1.807, 2.05) is 0 Å². The van der Waals surface area contributed by atoms with E-state index in [1.165, 1.54) is 6.39 Å². The summed E-state index contributed by atoms with van der Waals surface area (Å²) in [7, 11) is 0. The summed E-state index contributed by atoms with van der Waals surface area (Å²) in [5.74, 6) is 0.367. The van der Waals surface area contributed by atoms with Crippen LogP contribution in [0.1, 0.15) is 0 Å². The van der Waals surface area contributed by atoms with E-state index >= 15 is 0 Å². The Kier molecular flexibility index (Phi) is 2.16. The van der Waals surface area contributed by atoms with E-state index in [1.54, 1.807) is 12.1 Å². The van der Waals surface area contributed by atoms with Gasteiger partial charge in [0.05, 0.1) is 0 Å². The lowest BCUT2D eigenvalue weighted by Crippen LogP contribution is -1.82. The Bertz CT molecular complexity index is 395. The number of rotatable bonds is 1. The Hall–Kier alpha value is -1.13. The summed E-state index contributed by atoms with van der Waals surface area (Å²) in [6.07, 6.45) is 1.23. The van der Waals surface area contributed by atoms with Gasteiger partial charge in [-0.15, -0.1) is 10.2 Å². The molecule has 2 aromatic rings. The molecule has 2 heterocycles. The van der Waals surface area contributed by atoms with Crippen LogP contribution in [0.25, 0.3) is 11.5 Å². The van der Waals surface area contributed by atoms with E-state index in [9.17, 15) is 0 Å². The molecule has 0 fully saturated rings. The molecule has 0 saturated carbocycles. The van der Waals surface area contributed by atoms with Gasteiger partial charge >= 0.3 is 0 Å².